The second kappa shape index (κ2) is 3.04. The van der Waals surface area contributed by atoms with Gasteiger partial charge in [0.05, 0.1) is 29.7 Å². The smallest absolute Gasteiger partial charge is 0.131 e. The molecular formula is C8H5ClN4. The SMILES string of the molecule is N#CCc1nc2cc(Cl)ncc2[nH]1. The van der Waals surface area contributed by atoms with Crippen LogP contribution in [0.3, 0.4) is 0 Å². The zero-order chi connectivity index (χ0) is 9.26. The van der Waals surface area contributed by atoms with E-state index in [1.165, 1.54) is 0 Å². The number of fused-ring (bicyclic) bond motifs is 1. The van der Waals surface area contributed by atoms with Crippen molar-refractivity contribution in [1.29, 1.82) is 5.26 Å². The Morgan fingerprint density at radius 1 is 1.62 bits per heavy atom. The highest BCUT2D eigenvalue weighted by Gasteiger charge is 2.02. The van der Waals surface area contributed by atoms with E-state index in [1.54, 1.807) is 12.3 Å². The molecule has 0 saturated carbocycles. The van der Waals surface area contributed by atoms with Gasteiger partial charge in [0.15, 0.2) is 0 Å². The Bertz CT molecular complexity index is 482. The highest BCUT2D eigenvalue weighted by molar-refractivity contribution is 6.29. The van der Waals surface area contributed by atoms with Crippen LogP contribution in [0.4, 0.5) is 0 Å². The van der Waals surface area contributed by atoms with Gasteiger partial charge in [-0.1, -0.05) is 11.6 Å². The van der Waals surface area contributed by atoms with Crippen molar-refractivity contribution >= 4 is 22.6 Å². The fraction of sp³-hybridized carbons (Fsp3) is 0.125. The van der Waals surface area contributed by atoms with Crippen LogP contribution in [-0.2, 0) is 6.42 Å². The van der Waals surface area contributed by atoms with Crippen LogP contribution in [0.1, 0.15) is 5.82 Å². The molecule has 0 fully saturated rings. The minimum Gasteiger partial charge on any atom is -0.340 e. The van der Waals surface area contributed by atoms with Crippen LogP contribution in [0.5, 0.6) is 0 Å². The first kappa shape index (κ1) is 8.02. The van der Waals surface area contributed by atoms with Crippen molar-refractivity contribution in [3.63, 3.8) is 0 Å². The maximum absolute atomic E-state index is 8.45. The van der Waals surface area contributed by atoms with E-state index in [9.17, 15) is 0 Å². The summed E-state index contributed by atoms with van der Waals surface area (Å²) in [6.07, 6.45) is 1.87. The molecule has 4 nitrogen and oxygen atoms in total. The first-order valence-electron chi connectivity index (χ1n) is 3.66. The molecule has 0 unspecified atom stereocenters. The topological polar surface area (TPSA) is 65.4 Å². The summed E-state index contributed by atoms with van der Waals surface area (Å²) in [6.45, 7) is 0. The highest BCUT2D eigenvalue weighted by Crippen LogP contribution is 2.14. The molecule has 0 atom stereocenters. The molecule has 5 heteroatoms. The third kappa shape index (κ3) is 1.46. The van der Waals surface area contributed by atoms with Gasteiger partial charge in [-0.2, -0.15) is 5.26 Å². The Balaban J connectivity index is 2.57. The van der Waals surface area contributed by atoms with Crippen molar-refractivity contribution in [2.75, 3.05) is 0 Å². The predicted octanol–water partition coefficient (Wildman–Crippen LogP) is 1.68. The standard InChI is InChI=1S/C8H5ClN4/c9-7-3-5-6(4-11-7)13-8(12-5)1-2-10/h3-4H,1H2,(H,12,13). The van der Waals surface area contributed by atoms with Gasteiger partial charge in [-0.25, -0.2) is 9.97 Å². The second-order valence-corrected chi connectivity index (χ2v) is 2.93. The number of pyridine rings is 1. The van der Waals surface area contributed by atoms with Crippen LogP contribution < -0.4 is 0 Å². The third-order valence-electron chi connectivity index (χ3n) is 1.63. The summed E-state index contributed by atoms with van der Waals surface area (Å²) in [5, 5.41) is 8.85. The molecule has 64 valence electrons. The maximum Gasteiger partial charge on any atom is 0.131 e. The minimum absolute atomic E-state index is 0.270. The molecule has 0 saturated heterocycles. The lowest BCUT2D eigenvalue weighted by molar-refractivity contribution is 1.08. The lowest BCUT2D eigenvalue weighted by Gasteiger charge is -1.86. The molecule has 2 aromatic rings. The fourth-order valence-corrected chi connectivity index (χ4v) is 1.25. The summed E-state index contributed by atoms with van der Waals surface area (Å²) >= 11 is 5.67. The van der Waals surface area contributed by atoms with Crippen molar-refractivity contribution in [3.05, 3.63) is 23.2 Å². The number of aromatic nitrogens is 3. The van der Waals surface area contributed by atoms with Gasteiger partial charge in [-0.05, 0) is 0 Å². The molecular weight excluding hydrogens is 188 g/mol. The first-order valence-corrected chi connectivity index (χ1v) is 4.04. The summed E-state index contributed by atoms with van der Waals surface area (Å²) in [7, 11) is 0. The van der Waals surface area contributed by atoms with Crippen LogP contribution in [0.15, 0.2) is 12.3 Å². The monoisotopic (exact) mass is 192 g/mol. The summed E-state index contributed by atoms with van der Waals surface area (Å²) in [5.41, 5.74) is 1.54. The van der Waals surface area contributed by atoms with E-state index >= 15 is 0 Å². The number of H-pyrrole nitrogens is 1. The van der Waals surface area contributed by atoms with Crippen LogP contribution in [0, 0.1) is 11.3 Å². The number of rotatable bonds is 1. The Morgan fingerprint density at radius 2 is 2.46 bits per heavy atom. The average Bonchev–Trinajstić information content (AvgIpc) is 2.46. The summed E-state index contributed by atoms with van der Waals surface area (Å²) in [5.74, 6) is 0.640. The zero-order valence-corrected chi connectivity index (χ0v) is 7.34. The van der Waals surface area contributed by atoms with E-state index in [2.05, 4.69) is 15.0 Å². The van der Waals surface area contributed by atoms with Gasteiger partial charge in [-0.15, -0.1) is 0 Å². The van der Waals surface area contributed by atoms with E-state index < -0.39 is 0 Å². The van der Waals surface area contributed by atoms with Crippen molar-refractivity contribution in [1.82, 2.24) is 15.0 Å². The summed E-state index contributed by atoms with van der Waals surface area (Å²) in [6, 6.07) is 3.67. The Morgan fingerprint density at radius 3 is 3.23 bits per heavy atom. The number of nitrogens with zero attached hydrogens (tertiary/aromatic N) is 3. The Kier molecular flexibility index (Phi) is 1.87. The van der Waals surface area contributed by atoms with E-state index in [-0.39, 0.29) is 6.42 Å². The first-order chi connectivity index (χ1) is 6.29. The van der Waals surface area contributed by atoms with Crippen LogP contribution in [0.25, 0.3) is 11.0 Å². The van der Waals surface area contributed by atoms with Crippen molar-refractivity contribution in [2.45, 2.75) is 6.42 Å². The van der Waals surface area contributed by atoms with Crippen LogP contribution in [0.2, 0.25) is 5.15 Å². The van der Waals surface area contributed by atoms with Crippen molar-refractivity contribution in [2.24, 2.45) is 0 Å². The Labute approximate surface area is 79.2 Å². The van der Waals surface area contributed by atoms with Gasteiger partial charge in [0, 0.05) is 6.07 Å². The van der Waals surface area contributed by atoms with Gasteiger partial charge in [-0.3, -0.25) is 0 Å². The number of halogens is 1. The normalized spacial score (nSPS) is 10.2. The molecule has 0 aliphatic rings. The van der Waals surface area contributed by atoms with Gasteiger partial charge < -0.3 is 4.98 Å². The molecule has 0 aliphatic heterocycles. The molecule has 0 bridgehead atoms. The molecule has 1 N–H and O–H groups in total. The Hall–Kier alpha value is -1.60. The molecule has 2 rings (SSSR count). The number of hydrogen-bond acceptors (Lipinski definition) is 3. The summed E-state index contributed by atoms with van der Waals surface area (Å²) in [4.78, 5) is 11.0. The fourth-order valence-electron chi connectivity index (χ4n) is 1.10. The number of nitrogens with one attached hydrogen (secondary N) is 1. The predicted molar refractivity (Wildman–Crippen MR) is 48.2 cm³/mol. The van der Waals surface area contributed by atoms with Gasteiger partial charge >= 0.3 is 0 Å². The van der Waals surface area contributed by atoms with Gasteiger partial charge in [0.25, 0.3) is 0 Å². The minimum atomic E-state index is 0.270. The lowest BCUT2D eigenvalue weighted by atomic mass is 10.4. The molecule has 0 spiro atoms. The highest BCUT2D eigenvalue weighted by atomic mass is 35.5. The van der Waals surface area contributed by atoms with Crippen LogP contribution in [-0.4, -0.2) is 15.0 Å². The van der Waals surface area contributed by atoms with E-state index in [1.807, 2.05) is 6.07 Å². The second-order valence-electron chi connectivity index (χ2n) is 2.54. The molecule has 2 heterocycles. The van der Waals surface area contributed by atoms with Crippen molar-refractivity contribution in [3.8, 4) is 6.07 Å². The lowest BCUT2D eigenvalue weighted by Crippen LogP contribution is -1.81. The molecule has 0 aromatic carbocycles. The van der Waals surface area contributed by atoms with Gasteiger partial charge in [0.2, 0.25) is 0 Å². The molecule has 13 heavy (non-hydrogen) atoms. The molecule has 0 aliphatic carbocycles. The number of aromatic amines is 1. The molecule has 0 radical (unpaired) electrons. The third-order valence-corrected chi connectivity index (χ3v) is 1.84. The number of hydrogen-bond donors (Lipinski definition) is 1. The number of nitriles is 1. The summed E-state index contributed by atoms with van der Waals surface area (Å²) < 4.78 is 0. The van der Waals surface area contributed by atoms with Gasteiger partial charge in [0.1, 0.15) is 11.0 Å². The molecule has 2 aromatic heterocycles. The number of imidazole rings is 1. The van der Waals surface area contributed by atoms with E-state index in [4.69, 9.17) is 16.9 Å². The van der Waals surface area contributed by atoms with Crippen molar-refractivity contribution < 1.29 is 0 Å². The largest absolute Gasteiger partial charge is 0.340 e. The quantitative estimate of drug-likeness (QED) is 0.699. The zero-order valence-electron chi connectivity index (χ0n) is 6.58. The van der Waals surface area contributed by atoms with E-state index in [0.717, 1.165) is 11.0 Å². The average molecular weight is 193 g/mol. The van der Waals surface area contributed by atoms with Crippen LogP contribution >= 0.6 is 11.6 Å². The maximum atomic E-state index is 8.45. The molecule has 0 amide bonds. The van der Waals surface area contributed by atoms with E-state index in [0.29, 0.717) is 11.0 Å².